The Morgan fingerprint density at radius 2 is 1.59 bits per heavy atom. The lowest BCUT2D eigenvalue weighted by molar-refractivity contribution is -0.139. The van der Waals surface area contributed by atoms with Crippen LogP contribution in [0.5, 0.6) is 0 Å². The summed E-state index contributed by atoms with van der Waals surface area (Å²) in [6, 6.07) is 18.1. The molecule has 9 heteroatoms. The van der Waals surface area contributed by atoms with Crippen molar-refractivity contribution in [2.75, 3.05) is 17.4 Å². The lowest BCUT2D eigenvalue weighted by Crippen LogP contribution is -2.51. The van der Waals surface area contributed by atoms with Gasteiger partial charge in [-0.1, -0.05) is 60.5 Å². The van der Waals surface area contributed by atoms with Gasteiger partial charge in [0.25, 0.3) is 10.0 Å². The standard InChI is InChI=1S/C30H36ClN3O4S/c1-6-18-32-30(36)24(5)33(19-25-12-14-26(31)15-13-25)29(35)20-34(28-9-7-8-22(3)23(28)4)39(37,38)27-16-10-21(2)11-17-27/h7-17,24H,6,18-20H2,1-5H3,(H,32,36)/t24-/m0/s1. The first kappa shape index (κ1) is 30.2. The molecule has 0 radical (unpaired) electrons. The van der Waals surface area contributed by atoms with Crippen molar-refractivity contribution in [2.45, 2.75) is 58.5 Å². The Bertz CT molecular complexity index is 1410. The lowest BCUT2D eigenvalue weighted by atomic mass is 10.1. The molecule has 208 valence electrons. The smallest absolute Gasteiger partial charge is 0.264 e. The van der Waals surface area contributed by atoms with E-state index in [2.05, 4.69) is 5.32 Å². The molecule has 3 aromatic carbocycles. The molecule has 0 aliphatic carbocycles. The third kappa shape index (κ3) is 7.40. The summed E-state index contributed by atoms with van der Waals surface area (Å²) < 4.78 is 29.1. The number of carbonyl (C=O) groups is 2. The van der Waals surface area contributed by atoms with E-state index in [0.29, 0.717) is 17.3 Å². The van der Waals surface area contributed by atoms with Gasteiger partial charge in [-0.2, -0.15) is 0 Å². The number of sulfonamides is 1. The van der Waals surface area contributed by atoms with Gasteiger partial charge >= 0.3 is 0 Å². The highest BCUT2D eigenvalue weighted by molar-refractivity contribution is 7.92. The third-order valence-corrected chi connectivity index (χ3v) is 8.74. The average Bonchev–Trinajstić information content (AvgIpc) is 2.91. The molecule has 0 saturated carbocycles. The number of halogens is 1. The molecule has 0 heterocycles. The molecule has 0 aliphatic heterocycles. The van der Waals surface area contributed by atoms with Gasteiger partial charge in [0.1, 0.15) is 12.6 Å². The zero-order valence-electron chi connectivity index (χ0n) is 23.1. The van der Waals surface area contributed by atoms with Crippen LogP contribution in [0.15, 0.2) is 71.6 Å². The molecule has 0 unspecified atom stereocenters. The SMILES string of the molecule is CCCNC(=O)[C@H](C)N(Cc1ccc(Cl)cc1)C(=O)CN(c1cccc(C)c1C)S(=O)(=O)c1ccc(C)cc1. The van der Waals surface area contributed by atoms with E-state index in [-0.39, 0.29) is 17.3 Å². The number of benzene rings is 3. The Kier molecular flexibility index (Phi) is 10.2. The predicted molar refractivity (Wildman–Crippen MR) is 156 cm³/mol. The zero-order chi connectivity index (χ0) is 28.7. The molecule has 0 aliphatic rings. The van der Waals surface area contributed by atoms with E-state index in [4.69, 9.17) is 11.6 Å². The van der Waals surface area contributed by atoms with Crippen molar-refractivity contribution >= 4 is 39.1 Å². The van der Waals surface area contributed by atoms with Gasteiger partial charge in [0.05, 0.1) is 10.6 Å². The highest BCUT2D eigenvalue weighted by Gasteiger charge is 2.33. The third-order valence-electron chi connectivity index (χ3n) is 6.72. The molecule has 39 heavy (non-hydrogen) atoms. The van der Waals surface area contributed by atoms with E-state index in [1.807, 2.05) is 33.8 Å². The minimum Gasteiger partial charge on any atom is -0.354 e. The fourth-order valence-corrected chi connectivity index (χ4v) is 5.72. The second-order valence-corrected chi connectivity index (χ2v) is 12.0. The van der Waals surface area contributed by atoms with Crippen LogP contribution in [-0.4, -0.2) is 44.3 Å². The lowest BCUT2D eigenvalue weighted by Gasteiger charge is -2.32. The Balaban J connectivity index is 2.05. The highest BCUT2D eigenvalue weighted by Crippen LogP contribution is 2.29. The summed E-state index contributed by atoms with van der Waals surface area (Å²) in [5, 5.41) is 3.39. The van der Waals surface area contributed by atoms with Crippen LogP contribution in [0.4, 0.5) is 5.69 Å². The fraction of sp³-hybridized carbons (Fsp3) is 0.333. The van der Waals surface area contributed by atoms with Gasteiger partial charge in [-0.15, -0.1) is 0 Å². The summed E-state index contributed by atoms with van der Waals surface area (Å²) in [7, 11) is -4.11. The second kappa shape index (κ2) is 13.1. The Hall–Kier alpha value is -3.36. The van der Waals surface area contributed by atoms with E-state index in [1.165, 1.54) is 4.90 Å². The van der Waals surface area contributed by atoms with Crippen LogP contribution in [0, 0.1) is 20.8 Å². The van der Waals surface area contributed by atoms with Crippen molar-refractivity contribution in [3.8, 4) is 0 Å². The molecule has 1 N–H and O–H groups in total. The van der Waals surface area contributed by atoms with Crippen LogP contribution in [-0.2, 0) is 26.2 Å². The first-order valence-corrected chi connectivity index (χ1v) is 14.7. The molecule has 0 aromatic heterocycles. The van der Waals surface area contributed by atoms with E-state index < -0.39 is 28.5 Å². The monoisotopic (exact) mass is 569 g/mol. The van der Waals surface area contributed by atoms with Crippen LogP contribution in [0.2, 0.25) is 5.02 Å². The number of nitrogens with one attached hydrogen (secondary N) is 1. The van der Waals surface area contributed by atoms with Crippen molar-refractivity contribution in [1.29, 1.82) is 0 Å². The molecular formula is C30H36ClN3O4S. The van der Waals surface area contributed by atoms with Crippen molar-refractivity contribution in [3.63, 3.8) is 0 Å². The average molecular weight is 570 g/mol. The molecule has 0 fully saturated rings. The first-order chi connectivity index (χ1) is 18.4. The van der Waals surface area contributed by atoms with Gasteiger partial charge in [0.15, 0.2) is 0 Å². The van der Waals surface area contributed by atoms with E-state index in [1.54, 1.807) is 67.6 Å². The van der Waals surface area contributed by atoms with Gasteiger partial charge in [0, 0.05) is 18.1 Å². The van der Waals surface area contributed by atoms with Crippen molar-refractivity contribution in [2.24, 2.45) is 0 Å². The van der Waals surface area contributed by atoms with Gasteiger partial charge < -0.3 is 10.2 Å². The zero-order valence-corrected chi connectivity index (χ0v) is 24.6. The fourth-order valence-electron chi connectivity index (χ4n) is 4.12. The minimum atomic E-state index is -4.11. The quantitative estimate of drug-likeness (QED) is 0.335. The molecule has 0 saturated heterocycles. The van der Waals surface area contributed by atoms with Crippen molar-refractivity contribution in [1.82, 2.24) is 10.2 Å². The van der Waals surface area contributed by atoms with Gasteiger partial charge in [-0.3, -0.25) is 13.9 Å². The summed E-state index contributed by atoms with van der Waals surface area (Å²) in [6.07, 6.45) is 0.749. The second-order valence-electron chi connectivity index (χ2n) is 9.66. The summed E-state index contributed by atoms with van der Waals surface area (Å²) in [4.78, 5) is 28.4. The van der Waals surface area contributed by atoms with E-state index in [0.717, 1.165) is 33.0 Å². The normalized spacial score (nSPS) is 12.1. The topological polar surface area (TPSA) is 86.8 Å². The maximum Gasteiger partial charge on any atom is 0.264 e. The van der Waals surface area contributed by atoms with Crippen LogP contribution in [0.1, 0.15) is 42.5 Å². The predicted octanol–water partition coefficient (Wildman–Crippen LogP) is 5.40. The number of amides is 2. The maximum absolute atomic E-state index is 14.0. The van der Waals surface area contributed by atoms with Crippen LogP contribution in [0.3, 0.4) is 0 Å². The van der Waals surface area contributed by atoms with E-state index >= 15 is 0 Å². The highest BCUT2D eigenvalue weighted by atomic mass is 35.5. The number of carbonyl (C=O) groups excluding carboxylic acids is 2. The molecule has 3 aromatic rings. The Morgan fingerprint density at radius 3 is 2.21 bits per heavy atom. The van der Waals surface area contributed by atoms with Crippen molar-refractivity contribution in [3.05, 3.63) is 94.0 Å². The molecule has 1 atom stereocenters. The molecule has 7 nitrogen and oxygen atoms in total. The number of hydrogen-bond donors (Lipinski definition) is 1. The molecule has 2 amide bonds. The molecule has 0 bridgehead atoms. The summed E-state index contributed by atoms with van der Waals surface area (Å²) in [5.41, 5.74) is 3.75. The van der Waals surface area contributed by atoms with Gasteiger partial charge in [-0.05, 0) is 81.1 Å². The minimum absolute atomic E-state index is 0.0831. The Morgan fingerprint density at radius 1 is 0.949 bits per heavy atom. The van der Waals surface area contributed by atoms with Gasteiger partial charge in [0.2, 0.25) is 11.8 Å². The number of nitrogens with zero attached hydrogens (tertiary/aromatic N) is 2. The summed E-state index contributed by atoms with van der Waals surface area (Å²) in [5.74, 6) is -0.806. The molecular weight excluding hydrogens is 534 g/mol. The molecule has 0 spiro atoms. The molecule has 3 rings (SSSR count). The van der Waals surface area contributed by atoms with E-state index in [9.17, 15) is 18.0 Å². The number of aryl methyl sites for hydroxylation is 2. The van der Waals surface area contributed by atoms with Crippen LogP contribution in [0.25, 0.3) is 0 Å². The first-order valence-electron chi connectivity index (χ1n) is 12.9. The number of hydrogen-bond acceptors (Lipinski definition) is 4. The van der Waals surface area contributed by atoms with Crippen LogP contribution < -0.4 is 9.62 Å². The Labute approximate surface area is 236 Å². The van der Waals surface area contributed by atoms with Crippen molar-refractivity contribution < 1.29 is 18.0 Å². The van der Waals surface area contributed by atoms with Crippen LogP contribution >= 0.6 is 11.6 Å². The largest absolute Gasteiger partial charge is 0.354 e. The number of rotatable bonds is 11. The maximum atomic E-state index is 14.0. The van der Waals surface area contributed by atoms with Gasteiger partial charge in [-0.25, -0.2) is 8.42 Å². The number of anilines is 1. The summed E-state index contributed by atoms with van der Waals surface area (Å²) >= 11 is 6.05. The summed E-state index contributed by atoms with van der Waals surface area (Å²) in [6.45, 7) is 9.31.